The third-order valence-corrected chi connectivity index (χ3v) is 3.38. The Kier molecular flexibility index (Phi) is 3.88. The van der Waals surface area contributed by atoms with E-state index in [9.17, 15) is 8.78 Å². The SMILES string of the molecule is Cc1nc2ccc(OC/C(=C\F)CN)c(F)c2s1. The minimum Gasteiger partial charge on any atom is -0.486 e. The molecule has 0 amide bonds. The van der Waals surface area contributed by atoms with Gasteiger partial charge in [-0.3, -0.25) is 0 Å². The summed E-state index contributed by atoms with van der Waals surface area (Å²) in [6, 6.07) is 3.17. The zero-order valence-electron chi connectivity index (χ0n) is 9.74. The molecule has 0 atom stereocenters. The van der Waals surface area contributed by atoms with Gasteiger partial charge in [-0.05, 0) is 19.1 Å². The maximum Gasteiger partial charge on any atom is 0.184 e. The summed E-state index contributed by atoms with van der Waals surface area (Å²) in [7, 11) is 0. The van der Waals surface area contributed by atoms with Gasteiger partial charge < -0.3 is 10.5 Å². The maximum absolute atomic E-state index is 14.0. The summed E-state index contributed by atoms with van der Waals surface area (Å²) in [5.41, 5.74) is 6.16. The molecule has 0 fully saturated rings. The Morgan fingerprint density at radius 3 is 3.00 bits per heavy atom. The largest absolute Gasteiger partial charge is 0.486 e. The van der Waals surface area contributed by atoms with Crippen LogP contribution in [0, 0.1) is 12.7 Å². The Morgan fingerprint density at radius 1 is 1.56 bits per heavy atom. The molecule has 0 unspecified atom stereocenters. The number of nitrogens with zero attached hydrogens (tertiary/aromatic N) is 1. The highest BCUT2D eigenvalue weighted by Crippen LogP contribution is 2.30. The van der Waals surface area contributed by atoms with E-state index < -0.39 is 5.82 Å². The van der Waals surface area contributed by atoms with Crippen LogP contribution in [0.2, 0.25) is 0 Å². The topological polar surface area (TPSA) is 48.1 Å². The molecule has 96 valence electrons. The average Bonchev–Trinajstić information content (AvgIpc) is 2.74. The second-order valence-corrected chi connectivity index (χ2v) is 4.92. The fraction of sp³-hybridized carbons (Fsp3) is 0.250. The van der Waals surface area contributed by atoms with E-state index in [0.717, 1.165) is 5.01 Å². The molecule has 1 aromatic heterocycles. The van der Waals surface area contributed by atoms with Crippen molar-refractivity contribution in [1.29, 1.82) is 0 Å². The van der Waals surface area contributed by atoms with Gasteiger partial charge in [-0.15, -0.1) is 11.3 Å². The van der Waals surface area contributed by atoms with E-state index in [-0.39, 0.29) is 24.5 Å². The number of rotatable bonds is 4. The van der Waals surface area contributed by atoms with Crippen LogP contribution in [0.25, 0.3) is 10.2 Å². The van der Waals surface area contributed by atoms with E-state index >= 15 is 0 Å². The van der Waals surface area contributed by atoms with Crippen molar-refractivity contribution in [3.05, 3.63) is 34.9 Å². The van der Waals surface area contributed by atoms with E-state index in [1.54, 1.807) is 6.07 Å². The van der Waals surface area contributed by atoms with Gasteiger partial charge in [0, 0.05) is 12.1 Å². The van der Waals surface area contributed by atoms with Gasteiger partial charge in [0.25, 0.3) is 0 Å². The summed E-state index contributed by atoms with van der Waals surface area (Å²) in [5.74, 6) is -0.382. The van der Waals surface area contributed by atoms with Crippen LogP contribution in [0.3, 0.4) is 0 Å². The number of fused-ring (bicyclic) bond motifs is 1. The van der Waals surface area contributed by atoms with Crippen LogP contribution in [0.1, 0.15) is 5.01 Å². The zero-order chi connectivity index (χ0) is 13.1. The fourth-order valence-electron chi connectivity index (χ4n) is 1.47. The molecular formula is C12H12F2N2OS. The van der Waals surface area contributed by atoms with Gasteiger partial charge in [0.15, 0.2) is 11.6 Å². The normalized spacial score (nSPS) is 12.1. The van der Waals surface area contributed by atoms with Crippen LogP contribution in [0.5, 0.6) is 5.75 Å². The molecule has 0 saturated heterocycles. The third kappa shape index (κ3) is 2.49. The monoisotopic (exact) mass is 270 g/mol. The second kappa shape index (κ2) is 5.41. The number of aryl methyl sites for hydroxylation is 1. The van der Waals surface area contributed by atoms with E-state index in [0.29, 0.717) is 16.5 Å². The van der Waals surface area contributed by atoms with Crippen molar-refractivity contribution >= 4 is 21.6 Å². The standard InChI is InChI=1S/C12H12F2N2OS/c1-7-16-9-2-3-10(11(14)12(9)18-7)17-6-8(4-13)5-15/h2-4H,5-6,15H2,1H3/b8-4-. The molecule has 0 aliphatic rings. The predicted octanol–water partition coefficient (Wildman–Crippen LogP) is 2.93. The lowest BCUT2D eigenvalue weighted by atomic mass is 10.3. The molecule has 3 nitrogen and oxygen atoms in total. The summed E-state index contributed by atoms with van der Waals surface area (Å²) in [6.07, 6.45) is 0.382. The quantitative estimate of drug-likeness (QED) is 0.929. The number of hydrogen-bond acceptors (Lipinski definition) is 4. The molecule has 18 heavy (non-hydrogen) atoms. The highest BCUT2D eigenvalue weighted by atomic mass is 32.1. The summed E-state index contributed by atoms with van der Waals surface area (Å²) >= 11 is 1.26. The Balaban J connectivity index is 2.26. The van der Waals surface area contributed by atoms with E-state index in [1.165, 1.54) is 17.4 Å². The van der Waals surface area contributed by atoms with Gasteiger partial charge in [0.05, 0.1) is 21.6 Å². The van der Waals surface area contributed by atoms with Crippen LogP contribution >= 0.6 is 11.3 Å². The Bertz CT molecular complexity index is 595. The number of halogens is 2. The number of benzene rings is 1. The molecule has 2 N–H and O–H groups in total. The number of aromatic nitrogens is 1. The third-order valence-electron chi connectivity index (χ3n) is 2.40. The maximum atomic E-state index is 14.0. The van der Waals surface area contributed by atoms with Crippen molar-refractivity contribution in [2.45, 2.75) is 6.92 Å². The Hall–Kier alpha value is -1.53. The number of nitrogens with two attached hydrogens (primary N) is 1. The molecule has 0 spiro atoms. The van der Waals surface area contributed by atoms with Crippen molar-refractivity contribution in [1.82, 2.24) is 4.98 Å². The molecule has 0 bridgehead atoms. The van der Waals surface area contributed by atoms with Crippen molar-refractivity contribution in [2.75, 3.05) is 13.2 Å². The molecule has 1 heterocycles. The molecule has 2 rings (SSSR count). The number of hydrogen-bond donors (Lipinski definition) is 1. The number of thiazole rings is 1. The minimum absolute atomic E-state index is 0.0417. The van der Waals surface area contributed by atoms with Gasteiger partial charge in [-0.2, -0.15) is 0 Å². The van der Waals surface area contributed by atoms with Crippen molar-refractivity contribution in [3.63, 3.8) is 0 Å². The van der Waals surface area contributed by atoms with Crippen molar-refractivity contribution in [2.24, 2.45) is 5.73 Å². The predicted molar refractivity (Wildman–Crippen MR) is 68.1 cm³/mol. The molecular weight excluding hydrogens is 258 g/mol. The molecule has 1 aromatic carbocycles. The molecule has 2 aromatic rings. The molecule has 6 heteroatoms. The minimum atomic E-state index is -0.465. The average molecular weight is 270 g/mol. The number of ether oxygens (including phenoxy) is 1. The molecule has 0 radical (unpaired) electrons. The Morgan fingerprint density at radius 2 is 2.33 bits per heavy atom. The summed E-state index contributed by atoms with van der Waals surface area (Å²) < 4.78 is 32.0. The first-order valence-electron chi connectivity index (χ1n) is 5.32. The lowest BCUT2D eigenvalue weighted by Gasteiger charge is -2.08. The van der Waals surface area contributed by atoms with Crippen LogP contribution < -0.4 is 10.5 Å². The highest BCUT2D eigenvalue weighted by molar-refractivity contribution is 7.18. The van der Waals surface area contributed by atoms with E-state index in [1.807, 2.05) is 6.92 Å². The molecule has 0 saturated carbocycles. The van der Waals surface area contributed by atoms with E-state index in [4.69, 9.17) is 10.5 Å². The van der Waals surface area contributed by atoms with Crippen LogP contribution in [0.15, 0.2) is 24.0 Å². The first-order valence-corrected chi connectivity index (χ1v) is 6.14. The lowest BCUT2D eigenvalue weighted by Crippen LogP contribution is -2.11. The first kappa shape index (κ1) is 12.9. The van der Waals surface area contributed by atoms with Gasteiger partial charge >= 0.3 is 0 Å². The van der Waals surface area contributed by atoms with Gasteiger partial charge in [-0.1, -0.05) is 0 Å². The summed E-state index contributed by atoms with van der Waals surface area (Å²) in [4.78, 5) is 4.17. The summed E-state index contributed by atoms with van der Waals surface area (Å²) in [5, 5.41) is 0.785. The van der Waals surface area contributed by atoms with Crippen LogP contribution in [-0.2, 0) is 0 Å². The molecule has 0 aliphatic heterocycles. The van der Waals surface area contributed by atoms with Crippen molar-refractivity contribution < 1.29 is 13.5 Å². The lowest BCUT2D eigenvalue weighted by molar-refractivity contribution is 0.330. The van der Waals surface area contributed by atoms with Crippen molar-refractivity contribution in [3.8, 4) is 5.75 Å². The fourth-order valence-corrected chi connectivity index (χ4v) is 2.32. The smallest absolute Gasteiger partial charge is 0.184 e. The Labute approximate surface area is 107 Å². The van der Waals surface area contributed by atoms with Gasteiger partial charge in [0.2, 0.25) is 0 Å². The summed E-state index contributed by atoms with van der Waals surface area (Å²) in [6.45, 7) is 1.79. The van der Waals surface area contributed by atoms with Gasteiger partial charge in [-0.25, -0.2) is 13.8 Å². The molecule has 0 aliphatic carbocycles. The van der Waals surface area contributed by atoms with E-state index in [2.05, 4.69) is 4.98 Å². The zero-order valence-corrected chi connectivity index (χ0v) is 10.6. The van der Waals surface area contributed by atoms with Crippen LogP contribution in [0.4, 0.5) is 8.78 Å². The van der Waals surface area contributed by atoms with Gasteiger partial charge in [0.1, 0.15) is 6.61 Å². The van der Waals surface area contributed by atoms with Crippen LogP contribution in [-0.4, -0.2) is 18.1 Å². The second-order valence-electron chi connectivity index (χ2n) is 3.72. The highest BCUT2D eigenvalue weighted by Gasteiger charge is 2.12. The first-order chi connectivity index (χ1) is 8.65.